The summed E-state index contributed by atoms with van der Waals surface area (Å²) >= 11 is 12.0. The van der Waals surface area contributed by atoms with Crippen LogP contribution in [-0.2, 0) is 9.84 Å². The minimum Gasteiger partial charge on any atom is -0.310 e. The molecule has 0 amide bonds. The maximum absolute atomic E-state index is 12.4. The molecule has 1 aromatic carbocycles. The number of alkyl halides is 1. The van der Waals surface area contributed by atoms with Crippen LogP contribution in [0.15, 0.2) is 45.4 Å². The van der Waals surface area contributed by atoms with Crippen molar-refractivity contribution in [3.63, 3.8) is 0 Å². The van der Waals surface area contributed by atoms with Gasteiger partial charge in [-0.15, -0.1) is 0 Å². The van der Waals surface area contributed by atoms with Crippen LogP contribution in [0, 0.1) is 0 Å². The minimum absolute atomic E-state index is 0.221. The van der Waals surface area contributed by atoms with Gasteiger partial charge in [0.25, 0.3) is 0 Å². The van der Waals surface area contributed by atoms with Gasteiger partial charge in [-0.05, 0) is 26.0 Å². The summed E-state index contributed by atoms with van der Waals surface area (Å²) in [7, 11) is -3.42. The largest absolute Gasteiger partial charge is 0.310 e. The van der Waals surface area contributed by atoms with Crippen molar-refractivity contribution in [2.45, 2.75) is 29.6 Å². The molecule has 0 spiro atoms. The minimum atomic E-state index is -3.42. The number of allylic oxidation sites excluding steroid dienone is 1. The fourth-order valence-corrected chi connectivity index (χ4v) is 3.40. The Kier molecular flexibility index (Phi) is 4.42. The normalized spacial score (nSPS) is 19.4. The van der Waals surface area contributed by atoms with E-state index in [-0.39, 0.29) is 4.90 Å². The number of hydrogen-bond acceptors (Lipinski definition) is 4. The van der Waals surface area contributed by atoms with Gasteiger partial charge in [0.05, 0.1) is 20.9 Å². The molecule has 1 aliphatic rings. The highest BCUT2D eigenvalue weighted by Crippen LogP contribution is 2.32. The molecule has 0 saturated heterocycles. The first-order chi connectivity index (χ1) is 9.34. The van der Waals surface area contributed by atoms with Gasteiger partial charge in [0.15, 0.2) is 9.84 Å². The molecule has 7 heteroatoms. The van der Waals surface area contributed by atoms with Gasteiger partial charge in [-0.1, -0.05) is 35.3 Å². The SMILES string of the molecule is CC(C)S(=O)(=O)c1ccccc1N1C=C(Cl)C=NC1Cl. The first-order valence-corrected chi connectivity index (χ1v) is 8.36. The third-order valence-electron chi connectivity index (χ3n) is 2.88. The zero-order valence-electron chi connectivity index (χ0n) is 11.0. The standard InChI is InChI=1S/C13H14Cl2N2O2S/c1-9(2)20(18,19)12-6-4-3-5-11(12)17-8-10(14)7-16-13(17)15/h3-9,13H,1-2H3. The predicted octanol–water partition coefficient (Wildman–Crippen LogP) is 3.36. The smallest absolute Gasteiger partial charge is 0.201 e. The first-order valence-electron chi connectivity index (χ1n) is 6.00. The van der Waals surface area contributed by atoms with Crippen molar-refractivity contribution in [1.29, 1.82) is 0 Å². The van der Waals surface area contributed by atoms with Crippen LogP contribution in [0.2, 0.25) is 0 Å². The van der Waals surface area contributed by atoms with Gasteiger partial charge < -0.3 is 4.90 Å². The van der Waals surface area contributed by atoms with Crippen LogP contribution in [0.5, 0.6) is 0 Å². The lowest BCUT2D eigenvalue weighted by atomic mass is 10.3. The Morgan fingerprint density at radius 3 is 2.60 bits per heavy atom. The highest BCUT2D eigenvalue weighted by atomic mass is 35.5. The van der Waals surface area contributed by atoms with Crippen LogP contribution in [-0.4, -0.2) is 25.5 Å². The molecule has 0 aromatic heterocycles. The second-order valence-electron chi connectivity index (χ2n) is 4.57. The number of sulfone groups is 1. The fourth-order valence-electron chi connectivity index (χ4n) is 1.78. The van der Waals surface area contributed by atoms with Crippen molar-refractivity contribution < 1.29 is 8.42 Å². The first kappa shape index (κ1) is 15.4. The molecule has 1 atom stereocenters. The zero-order chi connectivity index (χ0) is 14.9. The number of anilines is 1. The lowest BCUT2D eigenvalue weighted by molar-refractivity contribution is 0.587. The summed E-state index contributed by atoms with van der Waals surface area (Å²) in [6.07, 6.45) is 3.01. The summed E-state index contributed by atoms with van der Waals surface area (Å²) in [5.41, 5.74) is -0.253. The molecule has 0 bridgehead atoms. The molecule has 4 nitrogen and oxygen atoms in total. The molecule has 0 saturated carbocycles. The molecule has 0 radical (unpaired) electrons. The van der Waals surface area contributed by atoms with Crippen LogP contribution < -0.4 is 4.90 Å². The van der Waals surface area contributed by atoms with Gasteiger partial charge in [0.1, 0.15) is 0 Å². The van der Waals surface area contributed by atoms with Crippen molar-refractivity contribution >= 4 is 44.9 Å². The van der Waals surface area contributed by atoms with E-state index in [1.807, 2.05) is 0 Å². The van der Waals surface area contributed by atoms with E-state index in [1.54, 1.807) is 49.2 Å². The molecular formula is C13H14Cl2N2O2S. The number of halogens is 2. The average molecular weight is 333 g/mol. The Hall–Kier alpha value is -1.04. The van der Waals surface area contributed by atoms with Gasteiger partial charge in [-0.3, -0.25) is 4.99 Å². The number of para-hydroxylation sites is 1. The summed E-state index contributed by atoms with van der Waals surface area (Å²) in [6.45, 7) is 3.28. The third kappa shape index (κ3) is 2.85. The Morgan fingerprint density at radius 1 is 1.30 bits per heavy atom. The van der Waals surface area contributed by atoms with Gasteiger partial charge >= 0.3 is 0 Å². The van der Waals surface area contributed by atoms with E-state index in [1.165, 1.54) is 6.21 Å². The zero-order valence-corrected chi connectivity index (χ0v) is 13.3. The molecule has 0 fully saturated rings. The molecular weight excluding hydrogens is 319 g/mol. The molecule has 1 unspecified atom stereocenters. The van der Waals surface area contributed by atoms with E-state index >= 15 is 0 Å². The molecule has 108 valence electrons. The van der Waals surface area contributed by atoms with Gasteiger partial charge in [0.2, 0.25) is 5.62 Å². The molecule has 0 aliphatic carbocycles. The van der Waals surface area contributed by atoms with Crippen LogP contribution in [0.1, 0.15) is 13.8 Å². The topological polar surface area (TPSA) is 49.7 Å². The Bertz CT molecular complexity index is 669. The maximum Gasteiger partial charge on any atom is 0.201 e. The summed E-state index contributed by atoms with van der Waals surface area (Å²) in [4.78, 5) is 5.77. The monoisotopic (exact) mass is 332 g/mol. The van der Waals surface area contributed by atoms with Gasteiger partial charge in [0, 0.05) is 12.4 Å². The third-order valence-corrected chi connectivity index (χ3v) is 5.60. The molecule has 1 heterocycles. The number of benzene rings is 1. The second kappa shape index (κ2) is 5.76. The Balaban J connectivity index is 2.57. The van der Waals surface area contributed by atoms with E-state index in [0.717, 1.165) is 0 Å². The van der Waals surface area contributed by atoms with Gasteiger partial charge in [-0.25, -0.2) is 8.42 Å². The highest BCUT2D eigenvalue weighted by molar-refractivity contribution is 7.92. The van der Waals surface area contributed by atoms with Crippen LogP contribution in [0.25, 0.3) is 0 Å². The summed E-state index contributed by atoms with van der Waals surface area (Å²) in [5, 5.41) is -0.135. The average Bonchev–Trinajstić information content (AvgIpc) is 2.41. The Labute approximate surface area is 128 Å². The maximum atomic E-state index is 12.4. The molecule has 2 rings (SSSR count). The van der Waals surface area contributed by atoms with Crippen molar-refractivity contribution in [3.8, 4) is 0 Å². The number of nitrogens with zero attached hydrogens (tertiary/aromatic N) is 2. The summed E-state index contributed by atoms with van der Waals surface area (Å²) in [5.74, 6) is 0. The lowest BCUT2D eigenvalue weighted by Crippen LogP contribution is -2.29. The van der Waals surface area contributed by atoms with Crippen LogP contribution in [0.4, 0.5) is 5.69 Å². The number of hydrogen-bond donors (Lipinski definition) is 0. The van der Waals surface area contributed by atoms with E-state index in [9.17, 15) is 8.42 Å². The molecule has 20 heavy (non-hydrogen) atoms. The number of aliphatic imine (C=N–C) groups is 1. The van der Waals surface area contributed by atoms with E-state index in [4.69, 9.17) is 23.2 Å². The predicted molar refractivity (Wildman–Crippen MR) is 83.3 cm³/mol. The van der Waals surface area contributed by atoms with Crippen molar-refractivity contribution in [1.82, 2.24) is 0 Å². The van der Waals surface area contributed by atoms with Gasteiger partial charge in [-0.2, -0.15) is 0 Å². The summed E-state index contributed by atoms with van der Waals surface area (Å²) in [6, 6.07) is 6.68. The highest BCUT2D eigenvalue weighted by Gasteiger charge is 2.27. The van der Waals surface area contributed by atoms with E-state index in [0.29, 0.717) is 10.7 Å². The molecule has 1 aromatic rings. The lowest BCUT2D eigenvalue weighted by Gasteiger charge is -2.28. The molecule has 1 aliphatic heterocycles. The van der Waals surface area contributed by atoms with Crippen molar-refractivity contribution in [2.24, 2.45) is 4.99 Å². The molecule has 0 N–H and O–H groups in total. The fraction of sp³-hybridized carbons (Fsp3) is 0.308. The summed E-state index contributed by atoms with van der Waals surface area (Å²) < 4.78 is 24.8. The van der Waals surface area contributed by atoms with Crippen LogP contribution in [0.3, 0.4) is 0 Å². The van der Waals surface area contributed by atoms with Crippen LogP contribution >= 0.6 is 23.2 Å². The number of rotatable bonds is 3. The van der Waals surface area contributed by atoms with Crippen molar-refractivity contribution in [2.75, 3.05) is 4.90 Å². The van der Waals surface area contributed by atoms with E-state index < -0.39 is 20.7 Å². The van der Waals surface area contributed by atoms with E-state index in [2.05, 4.69) is 4.99 Å². The Morgan fingerprint density at radius 2 is 1.95 bits per heavy atom. The quantitative estimate of drug-likeness (QED) is 0.629. The van der Waals surface area contributed by atoms with Crippen molar-refractivity contribution in [3.05, 3.63) is 35.5 Å². The second-order valence-corrected chi connectivity index (χ2v) is 7.87.